The molecular weight excluding hydrogens is 457 g/mol. The van der Waals surface area contributed by atoms with Crippen molar-refractivity contribution in [2.45, 2.75) is 6.10 Å². The third-order valence-corrected chi connectivity index (χ3v) is 9.83. The fourth-order valence-electron chi connectivity index (χ4n) is 4.41. The number of aliphatic hydroxyl groups is 1. The van der Waals surface area contributed by atoms with Crippen LogP contribution in [0.2, 0.25) is 0 Å². The first kappa shape index (κ1) is 23.8. The summed E-state index contributed by atoms with van der Waals surface area (Å²) in [4.78, 5) is 0. The minimum atomic E-state index is -2.52. The first-order valence-corrected chi connectivity index (χ1v) is 13.8. The highest BCUT2D eigenvalue weighted by Crippen LogP contribution is 2.49. The van der Waals surface area contributed by atoms with Crippen molar-refractivity contribution in [3.05, 3.63) is 168 Å². The van der Waals surface area contributed by atoms with Crippen LogP contribution in [0.1, 0.15) is 17.2 Å². The van der Waals surface area contributed by atoms with Gasteiger partial charge >= 0.3 is 0 Å². The second kappa shape index (κ2) is 11.2. The molecule has 0 saturated heterocycles. The second-order valence-electron chi connectivity index (χ2n) is 8.54. The maximum absolute atomic E-state index is 11.7. The maximum Gasteiger partial charge on any atom is 0.121 e. The van der Waals surface area contributed by atoms with Crippen molar-refractivity contribution >= 4 is 29.0 Å². The number of nitrogens with zero attached hydrogens (tertiary/aromatic N) is 1. The molecule has 0 heterocycles. The van der Waals surface area contributed by atoms with Crippen molar-refractivity contribution in [1.29, 1.82) is 0 Å². The zero-order valence-corrected chi connectivity index (χ0v) is 20.8. The van der Waals surface area contributed by atoms with Crippen LogP contribution in [-0.4, -0.2) is 5.11 Å². The molecule has 3 heteroatoms. The molecule has 0 aliphatic carbocycles. The van der Waals surface area contributed by atoms with Crippen molar-refractivity contribution in [1.82, 2.24) is 0 Å². The fraction of sp³-hybridized carbons (Fsp3) is 0.0303. The summed E-state index contributed by atoms with van der Waals surface area (Å²) in [7, 11) is -2.52. The molecule has 0 fully saturated rings. The molecule has 0 aliphatic rings. The molecule has 0 radical (unpaired) electrons. The minimum Gasteiger partial charge on any atom is -0.382 e. The van der Waals surface area contributed by atoms with Crippen LogP contribution in [0.15, 0.2) is 162 Å². The third-order valence-electron chi connectivity index (χ3n) is 6.16. The molecular formula is C33H28NOP. The van der Waals surface area contributed by atoms with Crippen LogP contribution in [0.3, 0.4) is 0 Å². The van der Waals surface area contributed by atoms with Gasteiger partial charge in [0.25, 0.3) is 0 Å². The highest BCUT2D eigenvalue weighted by atomic mass is 31.2. The van der Waals surface area contributed by atoms with E-state index in [4.69, 9.17) is 4.74 Å². The summed E-state index contributed by atoms with van der Waals surface area (Å²) in [6, 6.07) is 51.3. The number of hydrogen-bond acceptors (Lipinski definition) is 2. The monoisotopic (exact) mass is 485 g/mol. The normalized spacial score (nSPS) is 12.6. The summed E-state index contributed by atoms with van der Waals surface area (Å²) in [5.74, 6) is 0. The molecule has 5 aromatic carbocycles. The van der Waals surface area contributed by atoms with E-state index in [0.29, 0.717) is 5.70 Å². The highest BCUT2D eigenvalue weighted by molar-refractivity contribution is 7.87. The molecule has 5 rings (SSSR count). The van der Waals surface area contributed by atoms with Crippen molar-refractivity contribution in [2.24, 2.45) is 4.74 Å². The fourth-order valence-corrected chi connectivity index (χ4v) is 7.98. The first-order valence-electron chi connectivity index (χ1n) is 12.1. The van der Waals surface area contributed by atoms with Crippen LogP contribution in [0, 0.1) is 0 Å². The SMILES string of the molecule is OC(/C(=C/c1ccccc1)N=P(c1ccccc1)(c1ccccc1)c1ccccc1)c1ccccc1. The number of benzene rings is 5. The van der Waals surface area contributed by atoms with Gasteiger partial charge in [0.2, 0.25) is 0 Å². The molecule has 0 amide bonds. The van der Waals surface area contributed by atoms with Crippen LogP contribution in [0.25, 0.3) is 6.08 Å². The summed E-state index contributed by atoms with van der Waals surface area (Å²) in [6.45, 7) is 0. The Balaban J connectivity index is 1.87. The summed E-state index contributed by atoms with van der Waals surface area (Å²) >= 11 is 0. The van der Waals surface area contributed by atoms with Gasteiger partial charge in [-0.1, -0.05) is 152 Å². The lowest BCUT2D eigenvalue weighted by Gasteiger charge is -2.28. The van der Waals surface area contributed by atoms with Crippen LogP contribution in [0.4, 0.5) is 0 Å². The van der Waals surface area contributed by atoms with E-state index in [1.165, 1.54) is 0 Å². The van der Waals surface area contributed by atoms with E-state index < -0.39 is 13.2 Å². The van der Waals surface area contributed by atoms with Gasteiger partial charge < -0.3 is 5.11 Å². The molecule has 1 unspecified atom stereocenters. The number of aliphatic hydroxyl groups excluding tert-OH is 1. The molecule has 1 N–H and O–H groups in total. The molecule has 36 heavy (non-hydrogen) atoms. The zero-order chi connectivity index (χ0) is 24.6. The van der Waals surface area contributed by atoms with E-state index in [0.717, 1.165) is 27.0 Å². The zero-order valence-electron chi connectivity index (χ0n) is 19.9. The Morgan fingerprint density at radius 3 is 1.31 bits per heavy atom. The molecule has 176 valence electrons. The second-order valence-corrected chi connectivity index (χ2v) is 11.6. The summed E-state index contributed by atoms with van der Waals surface area (Å²) < 4.78 is 5.61. The van der Waals surface area contributed by atoms with Gasteiger partial charge in [-0.2, -0.15) is 0 Å². The van der Waals surface area contributed by atoms with Crippen molar-refractivity contribution in [3.8, 4) is 0 Å². The van der Waals surface area contributed by atoms with Crippen LogP contribution < -0.4 is 15.9 Å². The lowest BCUT2D eigenvalue weighted by molar-refractivity contribution is 0.216. The lowest BCUT2D eigenvalue weighted by atomic mass is 10.1. The van der Waals surface area contributed by atoms with Gasteiger partial charge in [0.15, 0.2) is 0 Å². The van der Waals surface area contributed by atoms with E-state index in [1.54, 1.807) is 0 Å². The smallest absolute Gasteiger partial charge is 0.121 e. The number of rotatable bonds is 7. The topological polar surface area (TPSA) is 32.6 Å². The Kier molecular flexibility index (Phi) is 7.38. The van der Waals surface area contributed by atoms with E-state index in [-0.39, 0.29) is 0 Å². The van der Waals surface area contributed by atoms with Gasteiger partial charge in [-0.25, -0.2) is 0 Å². The van der Waals surface area contributed by atoms with Gasteiger partial charge in [-0.3, -0.25) is 4.74 Å². The Morgan fingerprint density at radius 1 is 0.528 bits per heavy atom. The molecule has 0 saturated carbocycles. The first-order chi connectivity index (χ1) is 17.8. The Morgan fingerprint density at radius 2 is 0.889 bits per heavy atom. The van der Waals surface area contributed by atoms with E-state index in [1.807, 2.05) is 84.9 Å². The Hall–Kier alpha value is -3.97. The largest absolute Gasteiger partial charge is 0.382 e. The molecule has 0 aliphatic heterocycles. The van der Waals surface area contributed by atoms with E-state index in [9.17, 15) is 5.11 Å². The van der Waals surface area contributed by atoms with Crippen LogP contribution in [-0.2, 0) is 0 Å². The van der Waals surface area contributed by atoms with Gasteiger partial charge in [0, 0.05) is 15.9 Å². The predicted octanol–water partition coefficient (Wildman–Crippen LogP) is 6.94. The van der Waals surface area contributed by atoms with Crippen LogP contribution in [0.5, 0.6) is 0 Å². The van der Waals surface area contributed by atoms with Crippen molar-refractivity contribution in [3.63, 3.8) is 0 Å². The van der Waals surface area contributed by atoms with Gasteiger partial charge in [-0.15, -0.1) is 0 Å². The van der Waals surface area contributed by atoms with Crippen LogP contribution >= 0.6 is 7.05 Å². The molecule has 5 aromatic rings. The van der Waals surface area contributed by atoms with E-state index >= 15 is 0 Å². The molecule has 0 bridgehead atoms. The third kappa shape index (κ3) is 5.02. The lowest BCUT2D eigenvalue weighted by Crippen LogP contribution is -2.25. The summed E-state index contributed by atoms with van der Waals surface area (Å²) in [5.41, 5.74) is 2.45. The Labute approximate surface area is 213 Å². The minimum absolute atomic E-state index is 0.636. The van der Waals surface area contributed by atoms with Crippen molar-refractivity contribution in [2.75, 3.05) is 0 Å². The van der Waals surface area contributed by atoms with Crippen molar-refractivity contribution < 1.29 is 5.11 Å². The molecule has 2 nitrogen and oxygen atoms in total. The standard InChI is InChI=1S/C33H28NOP/c35-33(28-18-8-2-9-19-28)32(26-27-16-6-1-7-17-27)34-36(29-20-10-3-11-21-29,30-22-12-4-13-23-30)31-24-14-5-15-25-31/h1-26,33,35H/b32-26-. The predicted molar refractivity (Wildman–Crippen MR) is 153 cm³/mol. The molecule has 1 atom stereocenters. The quantitative estimate of drug-likeness (QED) is 0.249. The summed E-state index contributed by atoms with van der Waals surface area (Å²) in [5, 5.41) is 15.1. The van der Waals surface area contributed by atoms with E-state index in [2.05, 4.69) is 72.8 Å². The molecule has 0 spiro atoms. The van der Waals surface area contributed by atoms with Gasteiger partial charge in [0.05, 0.1) is 12.8 Å². The van der Waals surface area contributed by atoms with Gasteiger partial charge in [0.1, 0.15) is 6.10 Å². The molecule has 0 aromatic heterocycles. The average Bonchev–Trinajstić information content (AvgIpc) is 2.97. The Bertz CT molecular complexity index is 1360. The van der Waals surface area contributed by atoms with Gasteiger partial charge in [-0.05, 0) is 17.2 Å². The maximum atomic E-state index is 11.7. The number of hydrogen-bond donors (Lipinski definition) is 1. The average molecular weight is 486 g/mol. The summed E-state index contributed by atoms with van der Waals surface area (Å²) in [6.07, 6.45) is 1.14. The highest BCUT2D eigenvalue weighted by Gasteiger charge is 2.29.